The summed E-state index contributed by atoms with van der Waals surface area (Å²) in [6, 6.07) is 6.10. The quantitative estimate of drug-likeness (QED) is 0.796. The predicted molar refractivity (Wildman–Crippen MR) is 62.2 cm³/mol. The average molecular weight is 235 g/mol. The summed E-state index contributed by atoms with van der Waals surface area (Å²) in [5.74, 6) is 0.226. The van der Waals surface area contributed by atoms with Gasteiger partial charge in [-0.1, -0.05) is 0 Å². The molecule has 0 spiro atoms. The zero-order valence-corrected chi connectivity index (χ0v) is 9.37. The van der Waals surface area contributed by atoms with Crippen LogP contribution in [0.1, 0.15) is 18.6 Å². The van der Waals surface area contributed by atoms with E-state index in [-0.39, 0.29) is 5.82 Å². The Bertz CT molecular complexity index is 543. The molecule has 2 aromatic rings. The van der Waals surface area contributed by atoms with Crippen LogP contribution in [0.25, 0.3) is 11.0 Å². The number of nitrogens with one attached hydrogen (secondary N) is 1. The molecule has 17 heavy (non-hydrogen) atoms. The lowest BCUT2D eigenvalue weighted by molar-refractivity contribution is -0.00612. The van der Waals surface area contributed by atoms with E-state index < -0.39 is 5.60 Å². The van der Waals surface area contributed by atoms with E-state index in [4.69, 9.17) is 4.42 Å². The van der Waals surface area contributed by atoms with Crippen LogP contribution in [0.3, 0.4) is 0 Å². The molecule has 90 valence electrons. The standard InChI is InChI=1S/C13H14FNO2/c14-10-2-3-11-9(6-10)7-12(17-11)13(16)4-1-5-15-8-13/h2-3,6-7,15-16H,1,4-5,8H2. The zero-order chi connectivity index (χ0) is 11.9. The number of hydrogen-bond donors (Lipinski definition) is 2. The first-order chi connectivity index (χ1) is 8.17. The molecule has 1 aromatic carbocycles. The summed E-state index contributed by atoms with van der Waals surface area (Å²) in [6.07, 6.45) is 1.57. The fraction of sp³-hybridized carbons (Fsp3) is 0.385. The zero-order valence-electron chi connectivity index (χ0n) is 9.37. The molecule has 1 aliphatic rings. The molecule has 1 aromatic heterocycles. The Morgan fingerprint density at radius 1 is 1.35 bits per heavy atom. The van der Waals surface area contributed by atoms with E-state index >= 15 is 0 Å². The molecule has 4 heteroatoms. The van der Waals surface area contributed by atoms with Gasteiger partial charge in [-0.3, -0.25) is 0 Å². The van der Waals surface area contributed by atoms with Crippen LogP contribution in [0.5, 0.6) is 0 Å². The topological polar surface area (TPSA) is 45.4 Å². The van der Waals surface area contributed by atoms with Crippen molar-refractivity contribution >= 4 is 11.0 Å². The summed E-state index contributed by atoms with van der Waals surface area (Å²) in [6.45, 7) is 1.40. The maximum atomic E-state index is 13.1. The largest absolute Gasteiger partial charge is 0.458 e. The van der Waals surface area contributed by atoms with Crippen LogP contribution in [-0.4, -0.2) is 18.2 Å². The Hall–Kier alpha value is -1.39. The molecule has 2 N–H and O–H groups in total. The normalized spacial score (nSPS) is 25.3. The van der Waals surface area contributed by atoms with Crippen LogP contribution in [0.15, 0.2) is 28.7 Å². The van der Waals surface area contributed by atoms with Crippen LogP contribution in [0.2, 0.25) is 0 Å². The van der Waals surface area contributed by atoms with Gasteiger partial charge in [0.2, 0.25) is 0 Å². The number of hydrogen-bond acceptors (Lipinski definition) is 3. The summed E-state index contributed by atoms with van der Waals surface area (Å²) < 4.78 is 18.7. The van der Waals surface area contributed by atoms with Crippen molar-refractivity contribution in [3.8, 4) is 0 Å². The van der Waals surface area contributed by atoms with Crippen LogP contribution in [0, 0.1) is 5.82 Å². The van der Waals surface area contributed by atoms with Crippen LogP contribution in [0.4, 0.5) is 4.39 Å². The van der Waals surface area contributed by atoms with Gasteiger partial charge >= 0.3 is 0 Å². The van der Waals surface area contributed by atoms with Crippen LogP contribution in [-0.2, 0) is 5.60 Å². The third-order valence-electron chi connectivity index (χ3n) is 3.30. The molecule has 1 fully saturated rings. The smallest absolute Gasteiger partial charge is 0.138 e. The molecular formula is C13H14FNO2. The number of rotatable bonds is 1. The Morgan fingerprint density at radius 3 is 3.00 bits per heavy atom. The molecule has 0 saturated carbocycles. The van der Waals surface area contributed by atoms with Gasteiger partial charge in [0.1, 0.15) is 22.8 Å². The van der Waals surface area contributed by atoms with Crippen molar-refractivity contribution in [3.05, 3.63) is 35.8 Å². The predicted octanol–water partition coefficient (Wildman–Crippen LogP) is 2.14. The van der Waals surface area contributed by atoms with E-state index in [0.717, 1.165) is 13.0 Å². The first-order valence-electron chi connectivity index (χ1n) is 5.80. The van der Waals surface area contributed by atoms with E-state index in [0.29, 0.717) is 29.7 Å². The molecule has 3 rings (SSSR count). The van der Waals surface area contributed by atoms with Crippen molar-refractivity contribution < 1.29 is 13.9 Å². The SMILES string of the molecule is OC1(c2cc3cc(F)ccc3o2)CCCNC1. The molecule has 1 saturated heterocycles. The van der Waals surface area contributed by atoms with Crippen molar-refractivity contribution in [1.82, 2.24) is 5.32 Å². The molecule has 1 aliphatic heterocycles. The summed E-state index contributed by atoms with van der Waals surface area (Å²) >= 11 is 0. The molecule has 2 heterocycles. The van der Waals surface area contributed by atoms with E-state index in [1.54, 1.807) is 12.1 Å². The van der Waals surface area contributed by atoms with Crippen molar-refractivity contribution in [2.45, 2.75) is 18.4 Å². The van der Waals surface area contributed by atoms with Crippen molar-refractivity contribution in [2.75, 3.05) is 13.1 Å². The van der Waals surface area contributed by atoms with Crippen molar-refractivity contribution in [3.63, 3.8) is 0 Å². The van der Waals surface area contributed by atoms with Crippen LogP contribution >= 0.6 is 0 Å². The highest BCUT2D eigenvalue weighted by atomic mass is 19.1. The van der Waals surface area contributed by atoms with Crippen molar-refractivity contribution in [2.24, 2.45) is 0 Å². The van der Waals surface area contributed by atoms with Crippen LogP contribution < -0.4 is 5.32 Å². The fourth-order valence-electron chi connectivity index (χ4n) is 2.34. The molecule has 1 atom stereocenters. The summed E-state index contributed by atoms with van der Waals surface area (Å²) in [7, 11) is 0. The number of β-amino-alcohol motifs (C(OH)–C–C–N with tert-alkyl or cyclic N) is 1. The molecule has 0 bridgehead atoms. The lowest BCUT2D eigenvalue weighted by atomic mass is 9.91. The van der Waals surface area contributed by atoms with Gasteiger partial charge in [-0.15, -0.1) is 0 Å². The first-order valence-corrected chi connectivity index (χ1v) is 5.80. The second-order valence-corrected chi connectivity index (χ2v) is 4.60. The fourth-order valence-corrected chi connectivity index (χ4v) is 2.34. The lowest BCUT2D eigenvalue weighted by Gasteiger charge is -2.30. The van der Waals surface area contributed by atoms with Gasteiger partial charge < -0.3 is 14.8 Å². The summed E-state index contributed by atoms with van der Waals surface area (Å²) in [5.41, 5.74) is -0.353. The van der Waals surface area contributed by atoms with Gasteiger partial charge in [0.05, 0.1) is 0 Å². The van der Waals surface area contributed by atoms with Crippen molar-refractivity contribution in [1.29, 1.82) is 0 Å². The summed E-state index contributed by atoms with van der Waals surface area (Å²) in [5, 5.41) is 14.3. The second kappa shape index (κ2) is 3.82. The Kier molecular flexibility index (Phi) is 2.42. The number of fused-ring (bicyclic) bond motifs is 1. The highest BCUT2D eigenvalue weighted by Gasteiger charge is 2.34. The number of aliphatic hydroxyl groups is 1. The van der Waals surface area contributed by atoms with Gasteiger partial charge in [-0.2, -0.15) is 0 Å². The average Bonchev–Trinajstić information content (AvgIpc) is 2.73. The van der Waals surface area contributed by atoms with Gasteiger partial charge in [-0.25, -0.2) is 4.39 Å². The lowest BCUT2D eigenvalue weighted by Crippen LogP contribution is -2.42. The summed E-state index contributed by atoms with van der Waals surface area (Å²) in [4.78, 5) is 0. The third-order valence-corrected chi connectivity index (χ3v) is 3.30. The molecule has 0 radical (unpaired) electrons. The van der Waals surface area contributed by atoms with Gasteiger partial charge in [-0.05, 0) is 43.7 Å². The minimum atomic E-state index is -0.965. The third kappa shape index (κ3) is 1.83. The Morgan fingerprint density at radius 2 is 2.24 bits per heavy atom. The van der Waals surface area contributed by atoms with Gasteiger partial charge in [0.25, 0.3) is 0 Å². The first kappa shape index (κ1) is 10.7. The van der Waals surface area contributed by atoms with E-state index in [1.807, 2.05) is 0 Å². The maximum Gasteiger partial charge on any atom is 0.138 e. The molecule has 3 nitrogen and oxygen atoms in total. The number of piperidine rings is 1. The van der Waals surface area contributed by atoms with E-state index in [1.165, 1.54) is 12.1 Å². The second-order valence-electron chi connectivity index (χ2n) is 4.60. The Labute approximate surface area is 98.2 Å². The molecule has 1 unspecified atom stereocenters. The number of furan rings is 1. The maximum absolute atomic E-state index is 13.1. The van der Waals surface area contributed by atoms with Gasteiger partial charge in [0, 0.05) is 11.9 Å². The van der Waals surface area contributed by atoms with E-state index in [9.17, 15) is 9.50 Å². The molecule has 0 aliphatic carbocycles. The monoisotopic (exact) mass is 235 g/mol. The highest BCUT2D eigenvalue weighted by Crippen LogP contribution is 2.32. The number of benzene rings is 1. The Balaban J connectivity index is 2.05. The minimum absolute atomic E-state index is 0.293. The highest BCUT2D eigenvalue weighted by molar-refractivity contribution is 5.78. The number of halogens is 1. The van der Waals surface area contributed by atoms with Gasteiger partial charge in [0.15, 0.2) is 0 Å². The minimum Gasteiger partial charge on any atom is -0.458 e. The molecular weight excluding hydrogens is 221 g/mol. The molecule has 0 amide bonds. The van der Waals surface area contributed by atoms with E-state index in [2.05, 4.69) is 5.32 Å².